The van der Waals surface area contributed by atoms with Gasteiger partial charge in [-0.25, -0.2) is 0 Å². The maximum Gasteiger partial charge on any atom is 0.257 e. The number of carbonyl (C=O) groups excluding carboxylic acids is 2. The number of nitrogens with zero attached hydrogens (tertiary/aromatic N) is 4. The van der Waals surface area contributed by atoms with Crippen LogP contribution in [0.1, 0.15) is 82.3 Å². The van der Waals surface area contributed by atoms with Gasteiger partial charge in [-0.1, -0.05) is 19.9 Å². The molecule has 46 heavy (non-hydrogen) atoms. The molecule has 4 N–H and O–H groups in total. The number of nitrogens with two attached hydrogens (primary N) is 1. The highest BCUT2D eigenvalue weighted by atomic mass is 16.5. The van der Waals surface area contributed by atoms with E-state index < -0.39 is 0 Å². The lowest BCUT2D eigenvalue weighted by Crippen LogP contribution is -2.50. The molecule has 1 unspecified atom stereocenters. The standard InChI is InChI=1S/C36H51N7O3/c1-7-31-11-10-28(30(22-37)23-38-6)20-25(3)43(31)33(8-2)26(4)34(44)41-32-21-29(24-40-27(32)5)35(45)39-15-17-42-16-9-12-36(42)13-18-46-19-14-36/h10-11,20-24,31,37H,7-9,12-19H2,1-6H3,(H2,39,41,44,45)/p+1/b33-26+,38-23?. The molecule has 1 aromatic heterocycles. The van der Waals surface area contributed by atoms with Crippen LogP contribution < -0.4 is 16.4 Å². The van der Waals surface area contributed by atoms with E-state index in [0.717, 1.165) is 68.1 Å². The van der Waals surface area contributed by atoms with Crippen LogP contribution in [0.5, 0.6) is 0 Å². The van der Waals surface area contributed by atoms with E-state index in [4.69, 9.17) is 10.5 Å². The fraction of sp³-hybridized carbons (Fsp3) is 0.528. The zero-order valence-corrected chi connectivity index (χ0v) is 28.5. The number of aryl methyl sites for hydroxylation is 1. The number of pyridine rings is 1. The van der Waals surface area contributed by atoms with Gasteiger partial charge in [-0.15, -0.1) is 0 Å². The fourth-order valence-corrected chi connectivity index (χ4v) is 6.98. The summed E-state index contributed by atoms with van der Waals surface area (Å²) >= 11 is 0. The molecule has 10 heteroatoms. The lowest BCUT2D eigenvalue weighted by molar-refractivity contribution is -0.509. The molecule has 1 spiro atoms. The summed E-state index contributed by atoms with van der Waals surface area (Å²) in [7, 11) is 1.72. The van der Waals surface area contributed by atoms with Gasteiger partial charge in [0, 0.05) is 88.9 Å². The molecule has 10 nitrogen and oxygen atoms in total. The Hall–Kier alpha value is -3.89. The van der Waals surface area contributed by atoms with Crippen LogP contribution in [-0.2, 0) is 9.53 Å². The van der Waals surface area contributed by atoms with Gasteiger partial charge < -0.3 is 21.1 Å². The first-order valence-corrected chi connectivity index (χ1v) is 16.6. The monoisotopic (exact) mass is 630 g/mol. The van der Waals surface area contributed by atoms with Crippen LogP contribution >= 0.6 is 0 Å². The molecule has 1 atom stereocenters. The van der Waals surface area contributed by atoms with E-state index >= 15 is 0 Å². The molecular formula is C36H52N7O3+. The smallest absolute Gasteiger partial charge is 0.257 e. The first-order valence-electron chi connectivity index (χ1n) is 16.6. The van der Waals surface area contributed by atoms with E-state index in [1.54, 1.807) is 31.7 Å². The Balaban J connectivity index is 1.50. The third-order valence-electron chi connectivity index (χ3n) is 9.60. The molecule has 2 amide bonds. The molecule has 0 bridgehead atoms. The van der Waals surface area contributed by atoms with Crippen molar-refractivity contribution in [1.82, 2.24) is 15.2 Å². The maximum atomic E-state index is 13.7. The van der Waals surface area contributed by atoms with Gasteiger partial charge in [0.15, 0.2) is 17.5 Å². The summed E-state index contributed by atoms with van der Waals surface area (Å²) in [5, 5.41) is 6.11. The highest BCUT2D eigenvalue weighted by Gasteiger charge is 2.41. The van der Waals surface area contributed by atoms with Crippen molar-refractivity contribution in [2.24, 2.45) is 10.7 Å². The van der Waals surface area contributed by atoms with E-state index in [9.17, 15) is 9.59 Å². The number of hydrogen-bond donors (Lipinski definition) is 3. The van der Waals surface area contributed by atoms with Crippen molar-refractivity contribution in [3.63, 3.8) is 0 Å². The summed E-state index contributed by atoms with van der Waals surface area (Å²) in [6.45, 7) is 14.0. The molecule has 0 radical (unpaired) electrons. The summed E-state index contributed by atoms with van der Waals surface area (Å²) in [4.78, 5) is 38.0. The van der Waals surface area contributed by atoms with Crippen molar-refractivity contribution >= 4 is 29.4 Å². The Labute approximate surface area is 274 Å². The van der Waals surface area contributed by atoms with Crippen molar-refractivity contribution in [2.45, 2.75) is 84.7 Å². The summed E-state index contributed by atoms with van der Waals surface area (Å²) < 4.78 is 7.84. The number of anilines is 1. The van der Waals surface area contributed by atoms with Crippen LogP contribution in [0.3, 0.4) is 0 Å². The molecule has 3 aliphatic heterocycles. The minimum Gasteiger partial charge on any atom is -0.404 e. The van der Waals surface area contributed by atoms with E-state index in [1.807, 2.05) is 13.8 Å². The molecular weight excluding hydrogens is 578 g/mol. The average Bonchev–Trinajstić information content (AvgIpc) is 3.35. The summed E-state index contributed by atoms with van der Waals surface area (Å²) in [6, 6.07) is 1.78. The first-order chi connectivity index (χ1) is 22.2. The zero-order chi connectivity index (χ0) is 33.3. The SMILES string of the molecule is CC/C(=C(/C)C(=O)Nc1cc(C(=O)NCCN2CCCC23CCOCC3)cnc1C)[N+]1=C(C)C=C(/C(C=NC)=C/N)C=CC1CC. The Morgan fingerprint density at radius 2 is 2.00 bits per heavy atom. The summed E-state index contributed by atoms with van der Waals surface area (Å²) in [6.07, 6.45) is 17.2. The third kappa shape index (κ3) is 7.90. The Bertz CT molecular complexity index is 1480. The van der Waals surface area contributed by atoms with E-state index in [0.29, 0.717) is 35.5 Å². The number of aliphatic imine (C=N–C) groups is 1. The molecule has 4 heterocycles. The van der Waals surface area contributed by atoms with Gasteiger partial charge in [0.2, 0.25) is 0 Å². The van der Waals surface area contributed by atoms with Crippen LogP contribution in [0.2, 0.25) is 0 Å². The highest BCUT2D eigenvalue weighted by Crippen LogP contribution is 2.37. The third-order valence-corrected chi connectivity index (χ3v) is 9.60. The second kappa shape index (κ2) is 16.1. The number of amides is 2. The largest absolute Gasteiger partial charge is 0.404 e. The van der Waals surface area contributed by atoms with Gasteiger partial charge in [-0.05, 0) is 63.8 Å². The quantitative estimate of drug-likeness (QED) is 0.185. The van der Waals surface area contributed by atoms with E-state index in [1.165, 1.54) is 12.8 Å². The second-order valence-corrected chi connectivity index (χ2v) is 12.4. The number of likely N-dealkylation sites (tertiary alicyclic amines) is 1. The minimum atomic E-state index is -0.226. The topological polar surface area (TPSA) is 125 Å². The highest BCUT2D eigenvalue weighted by molar-refractivity contribution is 6.05. The number of nitrogens with one attached hydrogen (secondary N) is 2. The maximum absolute atomic E-state index is 13.7. The molecule has 2 saturated heterocycles. The number of hydrogen-bond acceptors (Lipinski definition) is 7. The molecule has 4 rings (SSSR count). The van der Waals surface area contributed by atoms with Crippen LogP contribution in [-0.4, -0.2) is 89.7 Å². The molecule has 0 aromatic carbocycles. The number of carbonyl (C=O) groups is 2. The van der Waals surface area contributed by atoms with Crippen molar-refractivity contribution in [3.05, 3.63) is 70.4 Å². The van der Waals surface area contributed by atoms with Gasteiger partial charge in [0.1, 0.15) is 0 Å². The molecule has 0 saturated carbocycles. The van der Waals surface area contributed by atoms with Crippen LogP contribution in [0.15, 0.2) is 64.1 Å². The minimum absolute atomic E-state index is 0.0568. The Kier molecular flexibility index (Phi) is 12.2. The predicted octanol–water partition coefficient (Wildman–Crippen LogP) is 4.68. The molecule has 0 aliphatic carbocycles. The molecule has 2 fully saturated rings. The Morgan fingerprint density at radius 1 is 1.24 bits per heavy atom. The predicted molar refractivity (Wildman–Crippen MR) is 185 cm³/mol. The molecule has 248 valence electrons. The van der Waals surface area contributed by atoms with Crippen LogP contribution in [0, 0.1) is 6.92 Å². The lowest BCUT2D eigenvalue weighted by Gasteiger charge is -2.41. The lowest BCUT2D eigenvalue weighted by atomic mass is 9.87. The summed E-state index contributed by atoms with van der Waals surface area (Å²) in [5.74, 6) is -0.422. The van der Waals surface area contributed by atoms with Crippen LogP contribution in [0.4, 0.5) is 5.69 Å². The van der Waals surface area contributed by atoms with Gasteiger partial charge in [-0.3, -0.25) is 24.5 Å². The second-order valence-electron chi connectivity index (χ2n) is 12.4. The van der Waals surface area contributed by atoms with Crippen LogP contribution in [0.25, 0.3) is 0 Å². The van der Waals surface area contributed by atoms with E-state index in [2.05, 4.69) is 69.1 Å². The average molecular weight is 631 g/mol. The van der Waals surface area contributed by atoms with Gasteiger partial charge in [0.05, 0.1) is 22.5 Å². The van der Waals surface area contributed by atoms with Gasteiger partial charge >= 0.3 is 0 Å². The first kappa shape index (κ1) is 35.0. The number of allylic oxidation sites excluding steroid dienone is 5. The number of rotatable bonds is 11. The normalized spacial score (nSPS) is 21.0. The molecule has 1 aromatic rings. The number of aromatic nitrogens is 1. The fourth-order valence-electron chi connectivity index (χ4n) is 6.98. The van der Waals surface area contributed by atoms with Gasteiger partial charge in [-0.2, -0.15) is 4.58 Å². The summed E-state index contributed by atoms with van der Waals surface area (Å²) in [5.41, 5.74) is 12.1. The molecule has 3 aliphatic rings. The van der Waals surface area contributed by atoms with Crippen molar-refractivity contribution in [2.75, 3.05) is 45.2 Å². The van der Waals surface area contributed by atoms with Gasteiger partial charge in [0.25, 0.3) is 11.8 Å². The van der Waals surface area contributed by atoms with Crippen molar-refractivity contribution < 1.29 is 18.9 Å². The zero-order valence-electron chi connectivity index (χ0n) is 28.5. The van der Waals surface area contributed by atoms with E-state index in [-0.39, 0.29) is 23.4 Å². The Morgan fingerprint density at radius 3 is 2.67 bits per heavy atom. The number of ether oxygens (including phenoxy) is 1. The van der Waals surface area contributed by atoms with Crippen molar-refractivity contribution in [1.29, 1.82) is 0 Å². The van der Waals surface area contributed by atoms with Crippen molar-refractivity contribution in [3.8, 4) is 0 Å².